The molecule has 10 heteroatoms. The molecule has 44 heavy (non-hydrogen) atoms. The molecule has 1 unspecified atom stereocenters. The van der Waals surface area contributed by atoms with Crippen molar-refractivity contribution in [1.29, 1.82) is 0 Å². The first-order chi connectivity index (χ1) is 21.1. The van der Waals surface area contributed by atoms with E-state index in [0.717, 1.165) is 15.4 Å². The van der Waals surface area contributed by atoms with Gasteiger partial charge in [-0.15, -0.1) is 0 Å². The number of sulfonamides is 1. The molecule has 4 aromatic rings. The Morgan fingerprint density at radius 2 is 1.52 bits per heavy atom. The molecule has 4 rings (SSSR count). The van der Waals surface area contributed by atoms with Crippen molar-refractivity contribution >= 4 is 39.1 Å². The van der Waals surface area contributed by atoms with Gasteiger partial charge in [0.25, 0.3) is 10.0 Å². The molecular weight excluding hydrogens is 598 g/mol. The van der Waals surface area contributed by atoms with Crippen molar-refractivity contribution in [3.63, 3.8) is 0 Å². The van der Waals surface area contributed by atoms with Crippen molar-refractivity contribution in [1.82, 2.24) is 10.2 Å². The van der Waals surface area contributed by atoms with Crippen molar-refractivity contribution in [2.75, 3.05) is 24.5 Å². The van der Waals surface area contributed by atoms with E-state index in [9.17, 15) is 18.0 Å². The SMILES string of the molecule is CCNC(=O)C(Cc1ccccc1)N(Cc1ccccc1Cl)C(=O)CN(c1ccc(C)cc1)S(=O)(=O)c1ccc(OC)cc1. The second-order valence-electron chi connectivity index (χ2n) is 10.2. The number of hydrogen-bond donors (Lipinski definition) is 1. The largest absolute Gasteiger partial charge is 0.497 e. The maximum absolute atomic E-state index is 14.4. The normalized spacial score (nSPS) is 11.8. The third-order valence-corrected chi connectivity index (χ3v) is 9.33. The Hall–Kier alpha value is -4.34. The minimum absolute atomic E-state index is 0.00252. The summed E-state index contributed by atoms with van der Waals surface area (Å²) in [5.41, 5.74) is 2.73. The average Bonchev–Trinajstić information content (AvgIpc) is 3.03. The summed E-state index contributed by atoms with van der Waals surface area (Å²) >= 11 is 6.52. The molecule has 1 N–H and O–H groups in total. The van der Waals surface area contributed by atoms with Crippen LogP contribution >= 0.6 is 11.6 Å². The van der Waals surface area contributed by atoms with E-state index in [1.165, 1.54) is 24.1 Å². The summed E-state index contributed by atoms with van der Waals surface area (Å²) in [7, 11) is -2.72. The van der Waals surface area contributed by atoms with Crippen LogP contribution in [0.2, 0.25) is 5.02 Å². The molecule has 0 aliphatic carbocycles. The Bertz CT molecular complexity index is 1660. The van der Waals surface area contributed by atoms with Crippen molar-refractivity contribution < 1.29 is 22.7 Å². The molecule has 0 radical (unpaired) electrons. The number of rotatable bonds is 13. The Balaban J connectivity index is 1.80. The monoisotopic (exact) mass is 633 g/mol. The summed E-state index contributed by atoms with van der Waals surface area (Å²) in [5.74, 6) is -0.412. The van der Waals surface area contributed by atoms with Crippen LogP contribution in [0.25, 0.3) is 0 Å². The van der Waals surface area contributed by atoms with E-state index >= 15 is 0 Å². The van der Waals surface area contributed by atoms with E-state index < -0.39 is 28.5 Å². The van der Waals surface area contributed by atoms with Crippen molar-refractivity contribution in [3.8, 4) is 5.75 Å². The number of nitrogens with zero attached hydrogens (tertiary/aromatic N) is 2. The molecule has 0 aliphatic rings. The number of halogens is 1. The summed E-state index contributed by atoms with van der Waals surface area (Å²) in [6, 6.07) is 28.4. The fraction of sp³-hybridized carbons (Fsp3) is 0.235. The van der Waals surface area contributed by atoms with Crippen LogP contribution in [-0.2, 0) is 32.6 Å². The molecule has 0 aromatic heterocycles. The summed E-state index contributed by atoms with van der Waals surface area (Å²) < 4.78 is 34.5. The Kier molecular flexibility index (Phi) is 11.0. The first-order valence-electron chi connectivity index (χ1n) is 14.2. The van der Waals surface area contributed by atoms with Gasteiger partial charge in [0.05, 0.1) is 17.7 Å². The lowest BCUT2D eigenvalue weighted by Crippen LogP contribution is -2.53. The van der Waals surface area contributed by atoms with E-state index in [-0.39, 0.29) is 23.8 Å². The molecule has 4 aromatic carbocycles. The van der Waals surface area contributed by atoms with Crippen LogP contribution in [-0.4, -0.2) is 51.4 Å². The number of methoxy groups -OCH3 is 1. The lowest BCUT2D eigenvalue weighted by atomic mass is 10.0. The van der Waals surface area contributed by atoms with Gasteiger partial charge in [-0.1, -0.05) is 77.8 Å². The lowest BCUT2D eigenvalue weighted by molar-refractivity contribution is -0.140. The Morgan fingerprint density at radius 3 is 2.14 bits per heavy atom. The first kappa shape index (κ1) is 32.6. The van der Waals surface area contributed by atoms with E-state index in [4.69, 9.17) is 16.3 Å². The number of carbonyl (C=O) groups excluding carboxylic acids is 2. The van der Waals surface area contributed by atoms with Gasteiger partial charge < -0.3 is 15.0 Å². The Morgan fingerprint density at radius 1 is 0.886 bits per heavy atom. The number of hydrogen-bond acceptors (Lipinski definition) is 5. The molecule has 230 valence electrons. The quantitative estimate of drug-likeness (QED) is 0.206. The number of aryl methyl sites for hydroxylation is 1. The van der Waals surface area contributed by atoms with Crippen molar-refractivity contribution in [2.45, 2.75) is 37.8 Å². The van der Waals surface area contributed by atoms with Gasteiger partial charge in [-0.05, 0) is 67.4 Å². The standard InChI is InChI=1S/C34H36ClN3O5S/c1-4-36-34(40)32(22-26-10-6-5-7-11-26)37(23-27-12-8-9-13-31(27)35)33(39)24-38(28-16-14-25(2)15-17-28)44(41,42)30-20-18-29(43-3)19-21-30/h5-21,32H,4,22-24H2,1-3H3,(H,36,40). The Labute approximate surface area is 264 Å². The second-order valence-corrected chi connectivity index (χ2v) is 12.5. The van der Waals surface area contributed by atoms with Gasteiger partial charge in [0, 0.05) is 24.5 Å². The number of carbonyl (C=O) groups is 2. The zero-order chi connectivity index (χ0) is 31.7. The molecule has 1 atom stereocenters. The fourth-order valence-electron chi connectivity index (χ4n) is 4.77. The summed E-state index contributed by atoms with van der Waals surface area (Å²) in [6.07, 6.45) is 0.221. The van der Waals surface area contributed by atoms with Crippen LogP contribution in [0.5, 0.6) is 5.75 Å². The maximum Gasteiger partial charge on any atom is 0.264 e. The minimum Gasteiger partial charge on any atom is -0.497 e. The zero-order valence-electron chi connectivity index (χ0n) is 24.9. The molecule has 0 heterocycles. The predicted octanol–water partition coefficient (Wildman–Crippen LogP) is 5.63. The number of nitrogens with one attached hydrogen (secondary N) is 1. The molecule has 0 bridgehead atoms. The highest BCUT2D eigenvalue weighted by atomic mass is 35.5. The van der Waals surface area contributed by atoms with Gasteiger partial charge in [-0.2, -0.15) is 0 Å². The van der Waals surface area contributed by atoms with Gasteiger partial charge in [0.2, 0.25) is 11.8 Å². The molecule has 0 fully saturated rings. The molecule has 0 aliphatic heterocycles. The number of amides is 2. The summed E-state index contributed by atoms with van der Waals surface area (Å²) in [6.45, 7) is 3.50. The molecule has 0 saturated heterocycles. The van der Waals surface area contributed by atoms with Crippen LogP contribution < -0.4 is 14.4 Å². The zero-order valence-corrected chi connectivity index (χ0v) is 26.5. The van der Waals surface area contributed by atoms with Crippen LogP contribution in [0.1, 0.15) is 23.6 Å². The molecular formula is C34H36ClN3O5S. The van der Waals surface area contributed by atoms with E-state index in [0.29, 0.717) is 28.6 Å². The lowest BCUT2D eigenvalue weighted by Gasteiger charge is -2.34. The third-order valence-electron chi connectivity index (χ3n) is 7.17. The van der Waals surface area contributed by atoms with Crippen molar-refractivity contribution in [3.05, 3.63) is 125 Å². The topological polar surface area (TPSA) is 96.0 Å². The highest BCUT2D eigenvalue weighted by molar-refractivity contribution is 7.92. The number of benzene rings is 4. The maximum atomic E-state index is 14.4. The van der Waals surface area contributed by atoms with Crippen molar-refractivity contribution in [2.24, 2.45) is 0 Å². The third kappa shape index (κ3) is 7.98. The van der Waals surface area contributed by atoms with Gasteiger partial charge >= 0.3 is 0 Å². The number of anilines is 1. The average molecular weight is 634 g/mol. The molecule has 0 saturated carbocycles. The predicted molar refractivity (Wildman–Crippen MR) is 173 cm³/mol. The van der Waals surface area contributed by atoms with Gasteiger partial charge in [-0.3, -0.25) is 13.9 Å². The first-order valence-corrected chi connectivity index (χ1v) is 16.0. The van der Waals surface area contributed by atoms with E-state index in [1.807, 2.05) is 37.3 Å². The number of likely N-dealkylation sites (N-methyl/N-ethyl adjacent to an activating group) is 1. The van der Waals surface area contributed by atoms with Gasteiger partial charge in [-0.25, -0.2) is 8.42 Å². The molecule has 8 nitrogen and oxygen atoms in total. The van der Waals surface area contributed by atoms with Crippen LogP contribution in [0.15, 0.2) is 108 Å². The van der Waals surface area contributed by atoms with Crippen LogP contribution in [0.4, 0.5) is 5.69 Å². The molecule has 2 amide bonds. The molecule has 0 spiro atoms. The van der Waals surface area contributed by atoms with E-state index in [2.05, 4.69) is 5.32 Å². The highest BCUT2D eigenvalue weighted by Crippen LogP contribution is 2.27. The fourth-order valence-corrected chi connectivity index (χ4v) is 6.38. The van der Waals surface area contributed by atoms with Gasteiger partial charge in [0.1, 0.15) is 18.3 Å². The summed E-state index contributed by atoms with van der Waals surface area (Å²) in [5, 5.41) is 3.28. The van der Waals surface area contributed by atoms with Crippen LogP contribution in [0.3, 0.4) is 0 Å². The minimum atomic E-state index is -4.21. The van der Waals surface area contributed by atoms with Crippen LogP contribution in [0, 0.1) is 6.92 Å². The second kappa shape index (κ2) is 14.9. The van der Waals surface area contributed by atoms with Gasteiger partial charge in [0.15, 0.2) is 0 Å². The highest BCUT2D eigenvalue weighted by Gasteiger charge is 2.34. The van der Waals surface area contributed by atoms with E-state index in [1.54, 1.807) is 67.6 Å². The summed E-state index contributed by atoms with van der Waals surface area (Å²) in [4.78, 5) is 29.4. The number of ether oxygens (including phenoxy) is 1. The smallest absolute Gasteiger partial charge is 0.264 e.